The Hall–Kier alpha value is -2.05. The molecule has 1 atom stereocenters. The van der Waals surface area contributed by atoms with Crippen LogP contribution >= 0.6 is 34.8 Å². The first-order valence-electron chi connectivity index (χ1n) is 8.55. The predicted molar refractivity (Wildman–Crippen MR) is 109 cm³/mol. The molecule has 0 bridgehead atoms. The van der Waals surface area contributed by atoms with Crippen LogP contribution in [0, 0.1) is 0 Å². The van der Waals surface area contributed by atoms with Crippen molar-refractivity contribution >= 4 is 51.7 Å². The topological polar surface area (TPSA) is 70.8 Å². The number of hydrogen-bond acceptors (Lipinski definition) is 4. The van der Waals surface area contributed by atoms with E-state index >= 15 is 0 Å². The first kappa shape index (κ1) is 19.3. The standard InChI is InChI=1S/C20H14Cl3NO4/c21-11-3-5-15-12(9-11)18(26)16-17(10-2-4-13(22)14(23)8-10)24(6-1-7-25)20(27)19(16)28-15/h2-5,8-9,17,25H,1,6-7H2. The van der Waals surface area contributed by atoms with Crippen LogP contribution in [0.25, 0.3) is 11.0 Å². The summed E-state index contributed by atoms with van der Waals surface area (Å²) in [5.74, 6) is -0.415. The van der Waals surface area contributed by atoms with Crippen LogP contribution in [0.2, 0.25) is 15.1 Å². The van der Waals surface area contributed by atoms with Crippen molar-refractivity contribution in [3.05, 3.63) is 78.6 Å². The fourth-order valence-corrected chi connectivity index (χ4v) is 3.97. The lowest BCUT2D eigenvalue weighted by Crippen LogP contribution is -2.31. The van der Waals surface area contributed by atoms with Crippen LogP contribution in [-0.4, -0.2) is 29.1 Å². The summed E-state index contributed by atoms with van der Waals surface area (Å²) in [4.78, 5) is 27.8. The van der Waals surface area contributed by atoms with Crippen molar-refractivity contribution in [3.8, 4) is 0 Å². The molecule has 144 valence electrons. The summed E-state index contributed by atoms with van der Waals surface area (Å²) in [6.07, 6.45) is 0.358. The molecule has 1 aromatic heterocycles. The highest BCUT2D eigenvalue weighted by molar-refractivity contribution is 6.42. The first-order valence-corrected chi connectivity index (χ1v) is 9.69. The molecule has 2 heterocycles. The summed E-state index contributed by atoms with van der Waals surface area (Å²) in [5.41, 5.74) is 0.831. The van der Waals surface area contributed by atoms with Gasteiger partial charge in [0.05, 0.1) is 27.0 Å². The van der Waals surface area contributed by atoms with Gasteiger partial charge in [-0.15, -0.1) is 0 Å². The minimum atomic E-state index is -0.691. The van der Waals surface area contributed by atoms with Crippen molar-refractivity contribution in [1.29, 1.82) is 0 Å². The maximum Gasteiger partial charge on any atom is 0.290 e. The number of hydrogen-bond donors (Lipinski definition) is 1. The lowest BCUT2D eigenvalue weighted by atomic mass is 9.98. The molecule has 0 spiro atoms. The van der Waals surface area contributed by atoms with Crippen LogP contribution in [0.4, 0.5) is 0 Å². The normalized spacial score (nSPS) is 16.1. The van der Waals surface area contributed by atoms with Gasteiger partial charge in [-0.3, -0.25) is 9.59 Å². The molecule has 1 N–H and O–H groups in total. The molecular formula is C20H14Cl3NO4. The molecule has 2 aromatic carbocycles. The second-order valence-corrected chi connectivity index (χ2v) is 7.72. The minimum absolute atomic E-state index is 0.00571. The van der Waals surface area contributed by atoms with Gasteiger partial charge in [-0.2, -0.15) is 0 Å². The molecule has 3 aromatic rings. The third kappa shape index (κ3) is 3.08. The highest BCUT2D eigenvalue weighted by Crippen LogP contribution is 2.40. The Morgan fingerprint density at radius 3 is 2.54 bits per heavy atom. The molecule has 0 fully saturated rings. The van der Waals surface area contributed by atoms with E-state index in [0.29, 0.717) is 38.0 Å². The van der Waals surface area contributed by atoms with Crippen LogP contribution in [0.15, 0.2) is 45.6 Å². The average Bonchev–Trinajstić information content (AvgIpc) is 2.95. The second-order valence-electron chi connectivity index (χ2n) is 6.47. The Labute approximate surface area is 175 Å². The molecule has 0 aliphatic carbocycles. The highest BCUT2D eigenvalue weighted by atomic mass is 35.5. The van der Waals surface area contributed by atoms with E-state index in [1.807, 2.05) is 0 Å². The molecule has 0 saturated heterocycles. The Bertz CT molecular complexity index is 1160. The van der Waals surface area contributed by atoms with Gasteiger partial charge in [0.25, 0.3) is 5.91 Å². The zero-order valence-corrected chi connectivity index (χ0v) is 16.7. The SMILES string of the molecule is O=C1c2oc3ccc(Cl)cc3c(=O)c2C(c2ccc(Cl)c(Cl)c2)N1CCCO. The predicted octanol–water partition coefficient (Wildman–Crippen LogP) is 4.68. The molecule has 5 nitrogen and oxygen atoms in total. The number of fused-ring (bicyclic) bond motifs is 2. The van der Waals surface area contributed by atoms with E-state index in [9.17, 15) is 14.7 Å². The van der Waals surface area contributed by atoms with E-state index in [-0.39, 0.29) is 29.9 Å². The molecule has 1 unspecified atom stereocenters. The number of aliphatic hydroxyl groups is 1. The van der Waals surface area contributed by atoms with Gasteiger partial charge in [-0.1, -0.05) is 40.9 Å². The fraction of sp³-hybridized carbons (Fsp3) is 0.200. The summed E-state index contributed by atoms with van der Waals surface area (Å²) in [5, 5.41) is 10.6. The zero-order valence-electron chi connectivity index (χ0n) is 14.4. The lowest BCUT2D eigenvalue weighted by Gasteiger charge is -2.25. The lowest BCUT2D eigenvalue weighted by molar-refractivity contribution is 0.0716. The van der Waals surface area contributed by atoms with Gasteiger partial charge in [-0.25, -0.2) is 0 Å². The van der Waals surface area contributed by atoms with Crippen LogP contribution in [0.3, 0.4) is 0 Å². The van der Waals surface area contributed by atoms with E-state index < -0.39 is 11.9 Å². The molecule has 1 aliphatic heterocycles. The zero-order chi connectivity index (χ0) is 20.0. The van der Waals surface area contributed by atoms with Crippen molar-refractivity contribution in [2.24, 2.45) is 0 Å². The summed E-state index contributed by atoms with van der Waals surface area (Å²) < 4.78 is 5.80. The van der Waals surface area contributed by atoms with E-state index in [1.54, 1.807) is 30.3 Å². The monoisotopic (exact) mass is 437 g/mol. The minimum Gasteiger partial charge on any atom is -0.450 e. The van der Waals surface area contributed by atoms with Gasteiger partial charge >= 0.3 is 0 Å². The third-order valence-corrected chi connectivity index (χ3v) is 5.72. The molecule has 28 heavy (non-hydrogen) atoms. The summed E-state index contributed by atoms with van der Waals surface area (Å²) in [6.45, 7) is 0.161. The number of rotatable bonds is 4. The van der Waals surface area contributed by atoms with Crippen molar-refractivity contribution in [2.75, 3.05) is 13.2 Å². The van der Waals surface area contributed by atoms with Crippen LogP contribution in [0.1, 0.15) is 34.1 Å². The highest BCUT2D eigenvalue weighted by Gasteiger charge is 2.42. The van der Waals surface area contributed by atoms with Crippen molar-refractivity contribution in [1.82, 2.24) is 4.90 Å². The van der Waals surface area contributed by atoms with E-state index in [0.717, 1.165) is 0 Å². The van der Waals surface area contributed by atoms with Gasteiger partial charge in [0.2, 0.25) is 5.76 Å². The molecule has 1 amide bonds. The average molecular weight is 439 g/mol. The molecule has 1 aliphatic rings. The van der Waals surface area contributed by atoms with Crippen molar-refractivity contribution in [3.63, 3.8) is 0 Å². The summed E-state index contributed by atoms with van der Waals surface area (Å²) in [7, 11) is 0. The molecular weight excluding hydrogens is 425 g/mol. The van der Waals surface area contributed by atoms with E-state index in [2.05, 4.69) is 0 Å². The third-order valence-electron chi connectivity index (χ3n) is 4.74. The second kappa shape index (κ2) is 7.41. The summed E-state index contributed by atoms with van der Waals surface area (Å²) in [6, 6.07) is 8.96. The quantitative estimate of drug-likeness (QED) is 0.642. The van der Waals surface area contributed by atoms with Gasteiger partial charge in [0.15, 0.2) is 5.43 Å². The number of amides is 1. The van der Waals surface area contributed by atoms with Crippen LogP contribution < -0.4 is 5.43 Å². The molecule has 0 radical (unpaired) electrons. The van der Waals surface area contributed by atoms with Crippen LogP contribution in [-0.2, 0) is 0 Å². The number of nitrogens with zero attached hydrogens (tertiary/aromatic N) is 1. The Morgan fingerprint density at radius 2 is 1.82 bits per heavy atom. The number of benzene rings is 2. The molecule has 0 saturated carbocycles. The van der Waals surface area contributed by atoms with Gasteiger partial charge < -0.3 is 14.4 Å². The molecule has 8 heteroatoms. The maximum absolute atomic E-state index is 13.3. The smallest absolute Gasteiger partial charge is 0.290 e. The number of aliphatic hydroxyl groups excluding tert-OH is 1. The Balaban J connectivity index is 1.98. The number of halogens is 3. The maximum atomic E-state index is 13.3. The van der Waals surface area contributed by atoms with E-state index in [4.69, 9.17) is 39.2 Å². The van der Waals surface area contributed by atoms with Gasteiger partial charge in [0, 0.05) is 18.2 Å². The fourth-order valence-electron chi connectivity index (χ4n) is 3.49. The summed E-state index contributed by atoms with van der Waals surface area (Å²) >= 11 is 18.2. The van der Waals surface area contributed by atoms with Gasteiger partial charge in [-0.05, 0) is 42.3 Å². The van der Waals surface area contributed by atoms with Gasteiger partial charge in [0.1, 0.15) is 5.58 Å². The Morgan fingerprint density at radius 1 is 1.04 bits per heavy atom. The Kier molecular flexibility index (Phi) is 5.10. The molecule has 4 rings (SSSR count). The number of carbonyl (C=O) groups is 1. The number of carbonyl (C=O) groups excluding carboxylic acids is 1. The first-order chi connectivity index (χ1) is 13.4. The van der Waals surface area contributed by atoms with Crippen molar-refractivity contribution < 1.29 is 14.3 Å². The van der Waals surface area contributed by atoms with Crippen molar-refractivity contribution in [2.45, 2.75) is 12.5 Å². The van der Waals surface area contributed by atoms with E-state index in [1.165, 1.54) is 11.0 Å². The largest absolute Gasteiger partial charge is 0.450 e. The van der Waals surface area contributed by atoms with Crippen LogP contribution in [0.5, 0.6) is 0 Å².